The van der Waals surface area contributed by atoms with Crippen molar-refractivity contribution in [3.8, 4) is 11.5 Å². The highest BCUT2D eigenvalue weighted by atomic mass is 79.9. The van der Waals surface area contributed by atoms with Crippen molar-refractivity contribution in [2.24, 2.45) is 10.8 Å². The number of hydrogen-bond acceptors (Lipinski definition) is 5. The van der Waals surface area contributed by atoms with Gasteiger partial charge >= 0.3 is 0 Å². The van der Waals surface area contributed by atoms with Crippen LogP contribution >= 0.6 is 28.1 Å². The fraction of sp³-hybridized carbons (Fsp3) is 0.263. The molecule has 2 aromatic carbocycles. The lowest BCUT2D eigenvalue weighted by Gasteiger charge is -2.30. The summed E-state index contributed by atoms with van der Waals surface area (Å²) < 4.78 is 18.5. The van der Waals surface area contributed by atoms with Crippen molar-refractivity contribution in [3.63, 3.8) is 0 Å². The van der Waals surface area contributed by atoms with E-state index in [1.807, 2.05) is 37.3 Å². The SMILES string of the molecule is Cc1ccc2c(c1)O[C@@H](c1cc(Br)cc3c1OCOC3)C/C2=N/NC(N)=S. The van der Waals surface area contributed by atoms with Crippen molar-refractivity contribution in [1.82, 2.24) is 5.43 Å². The summed E-state index contributed by atoms with van der Waals surface area (Å²) in [6.07, 6.45) is 0.300. The molecule has 4 rings (SSSR count). The maximum absolute atomic E-state index is 6.34. The molecule has 0 amide bonds. The summed E-state index contributed by atoms with van der Waals surface area (Å²) in [6, 6.07) is 10.1. The number of rotatable bonds is 2. The van der Waals surface area contributed by atoms with Crippen molar-refractivity contribution in [3.05, 3.63) is 57.1 Å². The molecule has 0 fully saturated rings. The third kappa shape index (κ3) is 3.78. The molecule has 27 heavy (non-hydrogen) atoms. The summed E-state index contributed by atoms with van der Waals surface area (Å²) in [6.45, 7) is 2.76. The molecule has 1 atom stereocenters. The van der Waals surface area contributed by atoms with Crippen LogP contribution in [0.4, 0.5) is 0 Å². The molecule has 0 unspecified atom stereocenters. The van der Waals surface area contributed by atoms with E-state index in [1.165, 1.54) is 0 Å². The highest BCUT2D eigenvalue weighted by Gasteiger charge is 2.31. The normalized spacial score (nSPS) is 19.5. The third-order valence-electron chi connectivity index (χ3n) is 4.45. The van der Waals surface area contributed by atoms with Crippen molar-refractivity contribution in [2.75, 3.05) is 6.79 Å². The van der Waals surface area contributed by atoms with Crippen LogP contribution in [0.1, 0.15) is 34.8 Å². The van der Waals surface area contributed by atoms with Crippen LogP contribution < -0.4 is 20.6 Å². The quantitative estimate of drug-likeness (QED) is 0.539. The average molecular weight is 448 g/mol. The number of hydrogen-bond donors (Lipinski definition) is 2. The van der Waals surface area contributed by atoms with Gasteiger partial charge in [0.2, 0.25) is 0 Å². The molecule has 2 aromatic rings. The third-order valence-corrected chi connectivity index (χ3v) is 5.00. The van der Waals surface area contributed by atoms with E-state index in [0.717, 1.165) is 43.9 Å². The number of nitrogens with two attached hydrogens (primary N) is 1. The summed E-state index contributed by atoms with van der Waals surface area (Å²) in [5, 5.41) is 4.53. The molecule has 2 heterocycles. The second kappa shape index (κ2) is 7.46. The molecule has 8 heteroatoms. The first-order chi connectivity index (χ1) is 13.0. The van der Waals surface area contributed by atoms with Crippen molar-refractivity contribution >= 4 is 39.0 Å². The van der Waals surface area contributed by atoms with Gasteiger partial charge in [-0.1, -0.05) is 22.0 Å². The van der Waals surface area contributed by atoms with Crippen LogP contribution in [0.3, 0.4) is 0 Å². The first kappa shape index (κ1) is 18.2. The van der Waals surface area contributed by atoms with E-state index in [4.69, 9.17) is 32.2 Å². The molecular weight excluding hydrogens is 430 g/mol. The lowest BCUT2D eigenvalue weighted by molar-refractivity contribution is -0.0183. The molecule has 0 saturated heterocycles. The number of benzene rings is 2. The van der Waals surface area contributed by atoms with Gasteiger partial charge in [-0.2, -0.15) is 5.10 Å². The largest absolute Gasteiger partial charge is 0.484 e. The molecule has 0 radical (unpaired) electrons. The Morgan fingerprint density at radius 1 is 1.33 bits per heavy atom. The van der Waals surface area contributed by atoms with E-state index in [0.29, 0.717) is 13.0 Å². The number of nitrogens with one attached hydrogen (secondary N) is 1. The minimum Gasteiger partial charge on any atom is -0.484 e. The molecule has 2 aliphatic heterocycles. The van der Waals surface area contributed by atoms with Gasteiger partial charge in [0.1, 0.15) is 17.6 Å². The highest BCUT2D eigenvalue weighted by Crippen LogP contribution is 2.42. The molecule has 0 aromatic heterocycles. The Balaban J connectivity index is 1.78. The Bertz CT molecular complexity index is 948. The van der Waals surface area contributed by atoms with Crippen LogP contribution in [-0.2, 0) is 11.3 Å². The van der Waals surface area contributed by atoms with Gasteiger partial charge in [0, 0.05) is 27.6 Å². The molecule has 3 N–H and O–H groups in total. The van der Waals surface area contributed by atoms with E-state index in [-0.39, 0.29) is 18.0 Å². The van der Waals surface area contributed by atoms with Crippen LogP contribution in [0.15, 0.2) is 39.9 Å². The Hall–Kier alpha value is -2.16. The fourth-order valence-corrected chi connectivity index (χ4v) is 3.86. The summed E-state index contributed by atoms with van der Waals surface area (Å²) in [4.78, 5) is 0. The first-order valence-electron chi connectivity index (χ1n) is 8.44. The molecule has 0 spiro atoms. The summed E-state index contributed by atoms with van der Waals surface area (Å²) in [5.74, 6) is 1.59. The number of fused-ring (bicyclic) bond motifs is 2. The number of aryl methyl sites for hydroxylation is 1. The Kier molecular flexibility index (Phi) is 5.03. The maximum atomic E-state index is 6.34. The molecule has 0 aliphatic carbocycles. The number of hydrazone groups is 1. The summed E-state index contributed by atoms with van der Waals surface area (Å²) >= 11 is 8.46. The Morgan fingerprint density at radius 3 is 3.00 bits per heavy atom. The van der Waals surface area contributed by atoms with Crippen molar-refractivity contribution < 1.29 is 14.2 Å². The number of nitrogens with zero attached hydrogens (tertiary/aromatic N) is 1. The zero-order valence-corrected chi connectivity index (χ0v) is 17.0. The van der Waals surface area contributed by atoms with E-state index in [2.05, 4.69) is 26.5 Å². The van der Waals surface area contributed by atoms with Gasteiger partial charge in [0.05, 0.1) is 12.3 Å². The van der Waals surface area contributed by atoms with Gasteiger partial charge in [-0.15, -0.1) is 0 Å². The minimum absolute atomic E-state index is 0.125. The fourth-order valence-electron chi connectivity index (χ4n) is 3.30. The lowest BCUT2D eigenvalue weighted by Crippen LogP contribution is -2.29. The van der Waals surface area contributed by atoms with Gasteiger partial charge in [-0.3, -0.25) is 5.43 Å². The molecule has 6 nitrogen and oxygen atoms in total. The molecule has 0 saturated carbocycles. The molecule has 140 valence electrons. The van der Waals surface area contributed by atoms with Gasteiger partial charge < -0.3 is 19.9 Å². The van der Waals surface area contributed by atoms with Gasteiger partial charge in [0.15, 0.2) is 11.9 Å². The highest BCUT2D eigenvalue weighted by molar-refractivity contribution is 9.10. The first-order valence-corrected chi connectivity index (χ1v) is 9.64. The second-order valence-electron chi connectivity index (χ2n) is 6.44. The van der Waals surface area contributed by atoms with Gasteiger partial charge in [-0.25, -0.2) is 0 Å². The second-order valence-corrected chi connectivity index (χ2v) is 7.79. The molecule has 0 bridgehead atoms. The molecule has 2 aliphatic rings. The topological polar surface area (TPSA) is 78.1 Å². The van der Waals surface area contributed by atoms with E-state index < -0.39 is 0 Å². The van der Waals surface area contributed by atoms with Crippen LogP contribution in [0.25, 0.3) is 0 Å². The van der Waals surface area contributed by atoms with E-state index in [9.17, 15) is 0 Å². The standard InChI is InChI=1S/C19H18BrN3O3S/c1-10-2-3-13-15(22-23-19(21)27)7-17(26-16(13)4-10)14-6-12(20)5-11-8-24-9-25-18(11)14/h2-6,17H,7-9H2,1H3,(H3,21,23,27)/b22-15-/t17-/m1/s1. The van der Waals surface area contributed by atoms with Crippen LogP contribution in [0.2, 0.25) is 0 Å². The van der Waals surface area contributed by atoms with Crippen molar-refractivity contribution in [1.29, 1.82) is 0 Å². The molecular formula is C19H18BrN3O3S. The monoisotopic (exact) mass is 447 g/mol. The van der Waals surface area contributed by atoms with Crippen molar-refractivity contribution in [2.45, 2.75) is 26.1 Å². The zero-order chi connectivity index (χ0) is 19.0. The van der Waals surface area contributed by atoms with E-state index in [1.54, 1.807) is 0 Å². The maximum Gasteiger partial charge on any atom is 0.189 e. The number of halogens is 1. The number of thiocarbonyl (C=S) groups is 1. The van der Waals surface area contributed by atoms with Gasteiger partial charge in [-0.05, 0) is 49.0 Å². The van der Waals surface area contributed by atoms with Crippen LogP contribution in [0, 0.1) is 6.92 Å². The Morgan fingerprint density at radius 2 is 2.19 bits per heavy atom. The predicted octanol–water partition coefficient (Wildman–Crippen LogP) is 3.69. The smallest absolute Gasteiger partial charge is 0.189 e. The Labute approximate surface area is 170 Å². The van der Waals surface area contributed by atoms with E-state index >= 15 is 0 Å². The van der Waals surface area contributed by atoms with Crippen LogP contribution in [-0.4, -0.2) is 17.6 Å². The average Bonchev–Trinajstić information content (AvgIpc) is 2.64. The summed E-state index contributed by atoms with van der Waals surface area (Å²) in [5.41, 5.74) is 13.1. The summed E-state index contributed by atoms with van der Waals surface area (Å²) in [7, 11) is 0. The van der Waals surface area contributed by atoms with Crippen LogP contribution in [0.5, 0.6) is 11.5 Å². The predicted molar refractivity (Wildman–Crippen MR) is 110 cm³/mol. The number of ether oxygens (including phenoxy) is 3. The lowest BCUT2D eigenvalue weighted by atomic mass is 9.93. The minimum atomic E-state index is -0.254. The van der Waals surface area contributed by atoms with Gasteiger partial charge in [0.25, 0.3) is 0 Å². The zero-order valence-electron chi connectivity index (χ0n) is 14.6.